The second-order valence-corrected chi connectivity index (χ2v) is 7.21. The fraction of sp³-hybridized carbons (Fsp3) is 0.579. The normalized spacial score (nSPS) is 23.2. The molecule has 0 radical (unpaired) electrons. The van der Waals surface area contributed by atoms with Gasteiger partial charge in [-0.15, -0.1) is 0 Å². The van der Waals surface area contributed by atoms with Crippen molar-refractivity contribution >= 4 is 17.7 Å². The molecule has 2 aliphatic rings. The summed E-state index contributed by atoms with van der Waals surface area (Å²) in [5, 5.41) is 2.57. The summed E-state index contributed by atoms with van der Waals surface area (Å²) >= 11 is 0. The van der Waals surface area contributed by atoms with Gasteiger partial charge in [-0.3, -0.25) is 19.4 Å². The molecular formula is C19H26N4O3. The Bertz CT molecular complexity index is 679. The zero-order valence-corrected chi connectivity index (χ0v) is 15.2. The first kappa shape index (κ1) is 18.4. The molecular weight excluding hydrogens is 332 g/mol. The van der Waals surface area contributed by atoms with Gasteiger partial charge in [0.15, 0.2) is 0 Å². The maximum atomic E-state index is 12.5. The number of nitrogens with one attached hydrogen (secondary N) is 1. The Morgan fingerprint density at radius 1 is 1.27 bits per heavy atom. The molecule has 1 aromatic rings. The molecule has 1 atom stereocenters. The van der Waals surface area contributed by atoms with Crippen LogP contribution in [-0.4, -0.2) is 57.7 Å². The lowest BCUT2D eigenvalue weighted by atomic mass is 9.87. The minimum Gasteiger partial charge on any atom is -0.347 e. The Hall–Kier alpha value is -2.44. The van der Waals surface area contributed by atoms with E-state index in [-0.39, 0.29) is 29.8 Å². The third kappa shape index (κ3) is 4.03. The van der Waals surface area contributed by atoms with Gasteiger partial charge in [-0.2, -0.15) is 0 Å². The fourth-order valence-corrected chi connectivity index (χ4v) is 4.06. The van der Waals surface area contributed by atoms with Crippen molar-refractivity contribution in [1.29, 1.82) is 0 Å². The Labute approximate surface area is 153 Å². The zero-order valence-electron chi connectivity index (χ0n) is 15.2. The van der Waals surface area contributed by atoms with E-state index in [0.717, 1.165) is 31.2 Å². The highest BCUT2D eigenvalue weighted by molar-refractivity contribution is 5.84. The Balaban J connectivity index is 1.68. The quantitative estimate of drug-likeness (QED) is 0.873. The summed E-state index contributed by atoms with van der Waals surface area (Å²) in [7, 11) is 0. The highest BCUT2D eigenvalue weighted by Gasteiger charge is 2.45. The highest BCUT2D eigenvalue weighted by Crippen LogP contribution is 2.40. The van der Waals surface area contributed by atoms with Crippen LogP contribution in [0.1, 0.15) is 44.6 Å². The van der Waals surface area contributed by atoms with Crippen LogP contribution in [-0.2, 0) is 20.9 Å². The molecule has 0 bridgehead atoms. The summed E-state index contributed by atoms with van der Waals surface area (Å²) < 4.78 is 0. The van der Waals surface area contributed by atoms with E-state index >= 15 is 0 Å². The maximum Gasteiger partial charge on any atom is 0.241 e. The van der Waals surface area contributed by atoms with E-state index in [4.69, 9.17) is 0 Å². The number of likely N-dealkylation sites (tertiary alicyclic amines) is 2. The van der Waals surface area contributed by atoms with Crippen LogP contribution in [0.2, 0.25) is 0 Å². The van der Waals surface area contributed by atoms with Crippen LogP contribution >= 0.6 is 0 Å². The van der Waals surface area contributed by atoms with Gasteiger partial charge in [-0.25, -0.2) is 0 Å². The molecule has 140 valence electrons. The first-order chi connectivity index (χ1) is 12.5. The summed E-state index contributed by atoms with van der Waals surface area (Å²) in [5.41, 5.74) is 0.862. The molecule has 3 heterocycles. The molecule has 0 aromatic carbocycles. The molecule has 1 spiro atoms. The van der Waals surface area contributed by atoms with E-state index in [2.05, 4.69) is 10.3 Å². The van der Waals surface area contributed by atoms with Crippen molar-refractivity contribution in [3.63, 3.8) is 0 Å². The number of carbonyl (C=O) groups is 3. The van der Waals surface area contributed by atoms with Crippen LogP contribution in [0.25, 0.3) is 0 Å². The van der Waals surface area contributed by atoms with Crippen molar-refractivity contribution in [2.24, 2.45) is 0 Å². The number of amides is 3. The number of nitrogens with zero attached hydrogens (tertiary/aromatic N) is 3. The van der Waals surface area contributed by atoms with Crippen molar-refractivity contribution < 1.29 is 14.4 Å². The van der Waals surface area contributed by atoms with Gasteiger partial charge in [0.25, 0.3) is 0 Å². The van der Waals surface area contributed by atoms with Crippen molar-refractivity contribution in [2.75, 3.05) is 19.6 Å². The second kappa shape index (κ2) is 7.85. The molecule has 2 saturated heterocycles. The summed E-state index contributed by atoms with van der Waals surface area (Å²) in [6.45, 7) is 3.32. The first-order valence-electron chi connectivity index (χ1n) is 9.22. The molecule has 7 nitrogen and oxygen atoms in total. The topological polar surface area (TPSA) is 82.6 Å². The number of hydrogen-bond acceptors (Lipinski definition) is 4. The van der Waals surface area contributed by atoms with Gasteiger partial charge in [0.2, 0.25) is 17.7 Å². The Kier molecular flexibility index (Phi) is 5.54. The first-order valence-corrected chi connectivity index (χ1v) is 9.22. The molecule has 1 aromatic heterocycles. The molecule has 3 rings (SSSR count). The largest absolute Gasteiger partial charge is 0.347 e. The molecule has 2 fully saturated rings. The standard InChI is InChI=1S/C19H26N4O3/c1-15(24)21-13-18(26)22-10-3-6-19(8-11-22)7-5-17(25)23(19)14-16-4-2-9-20-12-16/h2,4,9,12H,3,5-8,10-11,13-14H2,1H3,(H,21,24)/t19-/m1/s1. The lowest BCUT2D eigenvalue weighted by Gasteiger charge is -2.38. The van der Waals surface area contributed by atoms with E-state index in [1.807, 2.05) is 21.9 Å². The summed E-state index contributed by atoms with van der Waals surface area (Å²) in [6.07, 6.45) is 7.50. The van der Waals surface area contributed by atoms with Gasteiger partial charge < -0.3 is 15.1 Å². The predicted octanol–water partition coefficient (Wildman–Crippen LogP) is 1.09. The molecule has 7 heteroatoms. The van der Waals surface area contributed by atoms with E-state index in [1.54, 1.807) is 12.4 Å². The number of pyridine rings is 1. The van der Waals surface area contributed by atoms with E-state index < -0.39 is 0 Å². The van der Waals surface area contributed by atoms with Gasteiger partial charge in [0.1, 0.15) is 0 Å². The molecule has 0 unspecified atom stereocenters. The highest BCUT2D eigenvalue weighted by atomic mass is 16.2. The van der Waals surface area contributed by atoms with Gasteiger partial charge in [0.05, 0.1) is 6.54 Å². The smallest absolute Gasteiger partial charge is 0.241 e. The maximum absolute atomic E-state index is 12.5. The van der Waals surface area contributed by atoms with Crippen molar-refractivity contribution in [1.82, 2.24) is 20.1 Å². The second-order valence-electron chi connectivity index (χ2n) is 7.21. The average Bonchev–Trinajstić information content (AvgIpc) is 2.82. The average molecular weight is 358 g/mol. The van der Waals surface area contributed by atoms with Crippen LogP contribution in [0, 0.1) is 0 Å². The predicted molar refractivity (Wildman–Crippen MR) is 95.9 cm³/mol. The van der Waals surface area contributed by atoms with Crippen LogP contribution in [0.4, 0.5) is 0 Å². The molecule has 0 aliphatic carbocycles. The van der Waals surface area contributed by atoms with Gasteiger partial charge in [0, 0.05) is 50.9 Å². The van der Waals surface area contributed by atoms with Gasteiger partial charge in [-0.05, 0) is 37.3 Å². The minimum atomic E-state index is -0.200. The van der Waals surface area contributed by atoms with E-state index in [1.165, 1.54) is 6.92 Å². The van der Waals surface area contributed by atoms with Gasteiger partial charge in [-0.1, -0.05) is 6.07 Å². The minimum absolute atomic E-state index is 0.0423. The van der Waals surface area contributed by atoms with Gasteiger partial charge >= 0.3 is 0 Å². The van der Waals surface area contributed by atoms with Crippen LogP contribution < -0.4 is 5.32 Å². The summed E-state index contributed by atoms with van der Waals surface area (Å²) in [4.78, 5) is 43.8. The Morgan fingerprint density at radius 3 is 2.85 bits per heavy atom. The summed E-state index contributed by atoms with van der Waals surface area (Å²) in [6, 6.07) is 3.88. The summed E-state index contributed by atoms with van der Waals surface area (Å²) in [5.74, 6) is -0.0686. The molecule has 1 N–H and O–H groups in total. The lowest BCUT2D eigenvalue weighted by molar-refractivity contribution is -0.133. The third-order valence-corrected chi connectivity index (χ3v) is 5.50. The van der Waals surface area contributed by atoms with Crippen LogP contribution in [0.5, 0.6) is 0 Å². The molecule has 3 amide bonds. The Morgan fingerprint density at radius 2 is 2.12 bits per heavy atom. The van der Waals surface area contributed by atoms with E-state index in [0.29, 0.717) is 26.1 Å². The van der Waals surface area contributed by atoms with Crippen molar-refractivity contribution in [3.05, 3.63) is 30.1 Å². The monoisotopic (exact) mass is 358 g/mol. The molecule has 0 saturated carbocycles. The number of aromatic nitrogens is 1. The fourth-order valence-electron chi connectivity index (χ4n) is 4.06. The number of hydrogen-bond donors (Lipinski definition) is 1. The lowest BCUT2D eigenvalue weighted by Crippen LogP contribution is -2.46. The molecule has 26 heavy (non-hydrogen) atoms. The number of rotatable bonds is 4. The molecule has 2 aliphatic heterocycles. The zero-order chi connectivity index (χ0) is 18.6. The van der Waals surface area contributed by atoms with Crippen molar-refractivity contribution in [2.45, 2.75) is 51.1 Å². The SMILES string of the molecule is CC(=O)NCC(=O)N1CCC[C@@]2(CCC(=O)N2Cc2cccnc2)CC1. The third-order valence-electron chi connectivity index (χ3n) is 5.50. The van der Waals surface area contributed by atoms with E-state index in [9.17, 15) is 14.4 Å². The number of carbonyl (C=O) groups excluding carboxylic acids is 3. The van der Waals surface area contributed by atoms with Crippen molar-refractivity contribution in [3.8, 4) is 0 Å². The van der Waals surface area contributed by atoms with Crippen LogP contribution in [0.15, 0.2) is 24.5 Å². The van der Waals surface area contributed by atoms with Crippen LogP contribution in [0.3, 0.4) is 0 Å².